The van der Waals surface area contributed by atoms with Gasteiger partial charge in [0, 0.05) is 5.56 Å². The highest BCUT2D eigenvalue weighted by Crippen LogP contribution is 2.20. The third-order valence-electron chi connectivity index (χ3n) is 2.40. The normalized spacial score (nSPS) is 12.4. The van der Waals surface area contributed by atoms with Gasteiger partial charge in [-0.15, -0.1) is 0 Å². The molecule has 0 fully saturated rings. The van der Waals surface area contributed by atoms with Crippen molar-refractivity contribution < 1.29 is 14.3 Å². The van der Waals surface area contributed by atoms with Gasteiger partial charge in [-0.2, -0.15) is 0 Å². The molecule has 1 aromatic heterocycles. The number of hydrogen-bond acceptors (Lipinski definition) is 4. The number of carboxylic acids is 1. The van der Waals surface area contributed by atoms with E-state index in [9.17, 15) is 4.79 Å². The molecule has 1 unspecified atom stereocenters. The Morgan fingerprint density at radius 3 is 2.53 bits per heavy atom. The molecule has 0 aliphatic rings. The molecular weight excluding hydrogens is 220 g/mol. The third-order valence-corrected chi connectivity index (χ3v) is 2.40. The van der Waals surface area contributed by atoms with Crippen molar-refractivity contribution >= 4 is 5.97 Å². The second-order valence-corrected chi connectivity index (χ2v) is 3.73. The Morgan fingerprint density at radius 2 is 2.06 bits per heavy atom. The second kappa shape index (κ2) is 4.39. The first kappa shape index (κ1) is 11.3. The summed E-state index contributed by atoms with van der Waals surface area (Å²) in [6, 6.07) is 5.80. The lowest BCUT2D eigenvalue weighted by Crippen LogP contribution is -2.20. The first-order valence-electron chi connectivity index (χ1n) is 5.09. The van der Waals surface area contributed by atoms with Gasteiger partial charge in [-0.1, -0.05) is 12.1 Å². The van der Waals surface area contributed by atoms with Crippen LogP contribution in [-0.2, 0) is 4.79 Å². The largest absolute Gasteiger partial charge is 0.480 e. The number of carboxylic acid groups (broad SMARTS) is 1. The summed E-state index contributed by atoms with van der Waals surface area (Å²) in [5.74, 6) is -0.539. The van der Waals surface area contributed by atoms with Crippen molar-refractivity contribution in [2.75, 3.05) is 0 Å². The number of aryl methyl sites for hydroxylation is 1. The summed E-state index contributed by atoms with van der Waals surface area (Å²) in [6.45, 7) is 1.84. The molecule has 2 rings (SSSR count). The van der Waals surface area contributed by atoms with Gasteiger partial charge in [0.25, 0.3) is 0 Å². The summed E-state index contributed by atoms with van der Waals surface area (Å²) < 4.78 is 5.24. The maximum Gasteiger partial charge on any atom is 0.325 e. The van der Waals surface area contributed by atoms with E-state index in [-0.39, 0.29) is 0 Å². The van der Waals surface area contributed by atoms with E-state index >= 15 is 0 Å². The average molecular weight is 232 g/mol. The van der Waals surface area contributed by atoms with Gasteiger partial charge < -0.3 is 15.3 Å². The summed E-state index contributed by atoms with van der Waals surface area (Å²) in [5.41, 5.74) is 7.63. The Labute approximate surface area is 97.9 Å². The minimum absolute atomic E-state index is 0.512. The number of carbonyl (C=O) groups is 1. The molecule has 0 aliphatic heterocycles. The van der Waals surface area contributed by atoms with Gasteiger partial charge in [-0.3, -0.25) is 4.79 Å². The molecule has 0 amide bonds. The van der Waals surface area contributed by atoms with E-state index in [4.69, 9.17) is 15.3 Å². The van der Waals surface area contributed by atoms with Crippen LogP contribution in [0.4, 0.5) is 0 Å². The summed E-state index contributed by atoms with van der Waals surface area (Å²) >= 11 is 0. The summed E-state index contributed by atoms with van der Waals surface area (Å²) in [6.07, 6.45) is 1.56. The molecule has 0 saturated carbocycles. The maximum absolute atomic E-state index is 10.7. The van der Waals surface area contributed by atoms with E-state index in [2.05, 4.69) is 4.98 Å². The Hall–Kier alpha value is -2.14. The van der Waals surface area contributed by atoms with Gasteiger partial charge in [0.2, 0.25) is 5.89 Å². The molecular formula is C12H12N2O3. The molecule has 2 aromatic rings. The van der Waals surface area contributed by atoms with Gasteiger partial charge in [0.05, 0.1) is 5.69 Å². The lowest BCUT2D eigenvalue weighted by atomic mass is 10.1. The summed E-state index contributed by atoms with van der Waals surface area (Å²) in [4.78, 5) is 14.9. The first-order chi connectivity index (χ1) is 8.08. The van der Waals surface area contributed by atoms with Crippen molar-refractivity contribution in [2.24, 2.45) is 5.73 Å². The van der Waals surface area contributed by atoms with Crippen LogP contribution >= 0.6 is 0 Å². The van der Waals surface area contributed by atoms with Gasteiger partial charge in [-0.05, 0) is 24.6 Å². The Bertz CT molecular complexity index is 531. The maximum atomic E-state index is 10.7. The summed E-state index contributed by atoms with van der Waals surface area (Å²) in [5, 5.41) is 8.77. The lowest BCUT2D eigenvalue weighted by molar-refractivity contribution is -0.138. The van der Waals surface area contributed by atoms with Crippen LogP contribution < -0.4 is 5.73 Å². The van der Waals surface area contributed by atoms with Crippen LogP contribution in [-0.4, -0.2) is 16.1 Å². The van der Waals surface area contributed by atoms with Gasteiger partial charge in [-0.25, -0.2) is 4.98 Å². The van der Waals surface area contributed by atoms with E-state index in [0.717, 1.165) is 11.3 Å². The first-order valence-corrected chi connectivity index (χ1v) is 5.09. The Morgan fingerprint density at radius 1 is 1.41 bits per heavy atom. The number of nitrogens with zero attached hydrogens (tertiary/aromatic N) is 1. The number of aliphatic carboxylic acids is 1. The quantitative estimate of drug-likeness (QED) is 0.841. The predicted molar refractivity (Wildman–Crippen MR) is 61.2 cm³/mol. The molecule has 0 spiro atoms. The SMILES string of the molecule is Cc1coc(-c2ccc(C(N)C(=O)O)cc2)n1. The summed E-state index contributed by atoms with van der Waals surface area (Å²) in [7, 11) is 0. The van der Waals surface area contributed by atoms with Crippen LogP contribution in [0.1, 0.15) is 17.3 Å². The van der Waals surface area contributed by atoms with Crippen molar-refractivity contribution in [1.82, 2.24) is 4.98 Å². The van der Waals surface area contributed by atoms with Gasteiger partial charge in [0.15, 0.2) is 0 Å². The minimum atomic E-state index is -1.05. The molecule has 1 aromatic carbocycles. The average Bonchev–Trinajstić information content (AvgIpc) is 2.75. The fourth-order valence-electron chi connectivity index (χ4n) is 1.46. The second-order valence-electron chi connectivity index (χ2n) is 3.73. The van der Waals surface area contributed by atoms with Crippen molar-refractivity contribution in [3.63, 3.8) is 0 Å². The van der Waals surface area contributed by atoms with Crippen molar-refractivity contribution in [3.05, 3.63) is 41.8 Å². The fourth-order valence-corrected chi connectivity index (χ4v) is 1.46. The fraction of sp³-hybridized carbons (Fsp3) is 0.167. The van der Waals surface area contributed by atoms with Crippen molar-refractivity contribution in [1.29, 1.82) is 0 Å². The molecule has 0 bridgehead atoms. The van der Waals surface area contributed by atoms with Crippen LogP contribution in [0.5, 0.6) is 0 Å². The molecule has 5 nitrogen and oxygen atoms in total. The van der Waals surface area contributed by atoms with E-state index in [1.54, 1.807) is 30.5 Å². The smallest absolute Gasteiger partial charge is 0.325 e. The monoisotopic (exact) mass is 232 g/mol. The van der Waals surface area contributed by atoms with Gasteiger partial charge >= 0.3 is 5.97 Å². The van der Waals surface area contributed by atoms with Crippen LogP contribution in [0.15, 0.2) is 34.9 Å². The molecule has 0 aliphatic carbocycles. The van der Waals surface area contributed by atoms with Crippen molar-refractivity contribution in [3.8, 4) is 11.5 Å². The van der Waals surface area contributed by atoms with E-state index in [0.29, 0.717) is 11.5 Å². The minimum Gasteiger partial charge on any atom is -0.480 e. The zero-order chi connectivity index (χ0) is 12.4. The van der Waals surface area contributed by atoms with Crippen LogP contribution in [0.25, 0.3) is 11.5 Å². The molecule has 1 heterocycles. The number of hydrogen-bond donors (Lipinski definition) is 2. The van der Waals surface area contributed by atoms with E-state index in [1.165, 1.54) is 0 Å². The van der Waals surface area contributed by atoms with E-state index in [1.807, 2.05) is 6.92 Å². The van der Waals surface area contributed by atoms with Gasteiger partial charge in [0.1, 0.15) is 12.3 Å². The zero-order valence-corrected chi connectivity index (χ0v) is 9.25. The molecule has 0 saturated heterocycles. The highest BCUT2D eigenvalue weighted by molar-refractivity contribution is 5.75. The topological polar surface area (TPSA) is 89.3 Å². The Kier molecular flexibility index (Phi) is 2.93. The van der Waals surface area contributed by atoms with Crippen molar-refractivity contribution in [2.45, 2.75) is 13.0 Å². The number of rotatable bonds is 3. The predicted octanol–water partition coefficient (Wildman–Crippen LogP) is 1.73. The highest BCUT2D eigenvalue weighted by atomic mass is 16.4. The third kappa shape index (κ3) is 2.34. The zero-order valence-electron chi connectivity index (χ0n) is 9.25. The molecule has 0 radical (unpaired) electrons. The molecule has 5 heteroatoms. The Balaban J connectivity index is 2.27. The molecule has 17 heavy (non-hydrogen) atoms. The number of nitrogens with two attached hydrogens (primary N) is 1. The number of oxazole rings is 1. The molecule has 88 valence electrons. The van der Waals surface area contributed by atoms with Crippen LogP contribution in [0.3, 0.4) is 0 Å². The van der Waals surface area contributed by atoms with Crippen LogP contribution in [0, 0.1) is 6.92 Å². The number of aromatic nitrogens is 1. The standard InChI is InChI=1S/C12H12N2O3/c1-7-6-17-11(14-7)9-4-2-8(3-5-9)10(13)12(15)16/h2-6,10H,13H2,1H3,(H,15,16). The van der Waals surface area contributed by atoms with Crippen LogP contribution in [0.2, 0.25) is 0 Å². The highest BCUT2D eigenvalue weighted by Gasteiger charge is 2.14. The molecule has 3 N–H and O–H groups in total. The van der Waals surface area contributed by atoms with E-state index < -0.39 is 12.0 Å². The lowest BCUT2D eigenvalue weighted by Gasteiger charge is -2.06. The molecule has 1 atom stereocenters. The number of benzene rings is 1.